The first-order chi connectivity index (χ1) is 20.3. The van der Waals surface area contributed by atoms with Gasteiger partial charge >= 0.3 is 6.09 Å². The van der Waals surface area contributed by atoms with Gasteiger partial charge in [0.05, 0.1) is 32.6 Å². The fraction of sp³-hybridized carbons (Fsp3) is 0.364. The molecular formula is C33H36N3O6+. The number of aryl methyl sites for hydroxylation is 1. The summed E-state index contributed by atoms with van der Waals surface area (Å²) in [7, 11) is 5.99. The van der Waals surface area contributed by atoms with Crippen molar-refractivity contribution in [1.29, 1.82) is 0 Å². The first kappa shape index (κ1) is 27.9. The summed E-state index contributed by atoms with van der Waals surface area (Å²) >= 11 is 0. The Morgan fingerprint density at radius 3 is 2.38 bits per heavy atom. The van der Waals surface area contributed by atoms with E-state index in [1.165, 1.54) is 7.11 Å². The third kappa shape index (κ3) is 5.49. The van der Waals surface area contributed by atoms with Crippen LogP contribution in [0.15, 0.2) is 66.7 Å². The number of aldehydes is 1. The highest BCUT2D eigenvalue weighted by Crippen LogP contribution is 2.51. The van der Waals surface area contributed by atoms with Crippen molar-refractivity contribution < 1.29 is 33.1 Å². The second-order valence-electron chi connectivity index (χ2n) is 11.8. The number of ether oxygens (including phenoxy) is 3. The molecule has 0 spiro atoms. The molecule has 3 aliphatic heterocycles. The van der Waals surface area contributed by atoms with Crippen LogP contribution in [0.2, 0.25) is 0 Å². The molecule has 0 radical (unpaired) electrons. The topological polar surface area (TPSA) is 106 Å². The van der Waals surface area contributed by atoms with Gasteiger partial charge in [-0.25, -0.2) is 4.79 Å². The number of carbonyl (C=O) groups excluding carboxylic acids is 3. The number of methoxy groups -OCH3 is 1. The van der Waals surface area contributed by atoms with Gasteiger partial charge in [-0.15, -0.1) is 0 Å². The molecule has 3 saturated heterocycles. The van der Waals surface area contributed by atoms with Gasteiger partial charge in [-0.3, -0.25) is 14.9 Å². The maximum absolute atomic E-state index is 13.2. The Balaban J connectivity index is 1.13. The number of nitrogens with zero attached hydrogens (tertiary/aromatic N) is 1. The number of carbonyl (C=O) groups is 3. The van der Waals surface area contributed by atoms with E-state index < -0.39 is 6.09 Å². The summed E-state index contributed by atoms with van der Waals surface area (Å²) in [5, 5.41) is 5.86. The lowest BCUT2D eigenvalue weighted by Crippen LogP contribution is -2.60. The number of likely N-dealkylation sites (N-methyl/N-ethyl adjacent to an activating group) is 1. The summed E-state index contributed by atoms with van der Waals surface area (Å²) in [5.41, 5.74) is 4.34. The van der Waals surface area contributed by atoms with Gasteiger partial charge in [0, 0.05) is 30.4 Å². The van der Waals surface area contributed by atoms with Crippen molar-refractivity contribution in [2.45, 2.75) is 56.1 Å². The summed E-state index contributed by atoms with van der Waals surface area (Å²) in [5.74, 6) is 0.228. The van der Waals surface area contributed by atoms with Crippen LogP contribution < -0.4 is 15.4 Å². The molecule has 3 heterocycles. The van der Waals surface area contributed by atoms with Crippen molar-refractivity contribution >= 4 is 29.7 Å². The highest BCUT2D eigenvalue weighted by molar-refractivity contribution is 5.94. The minimum Gasteiger partial charge on any atom is -0.495 e. The largest absolute Gasteiger partial charge is 0.495 e. The number of hydrogen-bond donors (Lipinski definition) is 2. The molecule has 0 aromatic heterocycles. The molecule has 9 nitrogen and oxygen atoms in total. The van der Waals surface area contributed by atoms with Crippen LogP contribution in [0.4, 0.5) is 16.2 Å². The van der Waals surface area contributed by atoms with E-state index in [0.29, 0.717) is 41.2 Å². The van der Waals surface area contributed by atoms with E-state index in [-0.39, 0.29) is 30.6 Å². The van der Waals surface area contributed by atoms with Crippen molar-refractivity contribution in [2.24, 2.45) is 0 Å². The Labute approximate surface area is 245 Å². The summed E-state index contributed by atoms with van der Waals surface area (Å²) in [6.07, 6.45) is 2.95. The minimum atomic E-state index is -0.473. The van der Waals surface area contributed by atoms with Crippen LogP contribution in [-0.4, -0.2) is 74.4 Å². The van der Waals surface area contributed by atoms with E-state index in [0.717, 1.165) is 40.3 Å². The van der Waals surface area contributed by atoms with E-state index in [1.807, 2.05) is 48.5 Å². The standard InChI is InChI=1S/C33H35N3O6/c1-36(2)27-17-23(18-28(36)32-31(27)42-32)41-33(39)35-26-15-20(9-12-24(26)22-7-5-4-6-8-22)11-14-30(38)34-25-13-10-21(19-37)16-29(25)40-3/h4-10,12-13,15-16,19,23,27-28,31-32H,11,14,17-18H2,1-3H3,(H-,34,35,37,38,39)/p+1/t23-,27-,28+,31-,32+. The van der Waals surface area contributed by atoms with E-state index in [9.17, 15) is 14.4 Å². The minimum absolute atomic E-state index is 0.146. The summed E-state index contributed by atoms with van der Waals surface area (Å²) in [6.45, 7) is 0. The first-order valence-electron chi connectivity index (χ1n) is 14.3. The molecule has 3 aromatic rings. The number of rotatable bonds is 9. The predicted molar refractivity (Wildman–Crippen MR) is 159 cm³/mol. The number of nitrogens with one attached hydrogen (secondary N) is 2. The number of anilines is 2. The zero-order valence-electron chi connectivity index (χ0n) is 24.0. The lowest BCUT2D eigenvalue weighted by molar-refractivity contribution is -0.938. The fourth-order valence-corrected chi connectivity index (χ4v) is 6.67. The van der Waals surface area contributed by atoms with Crippen molar-refractivity contribution in [3.63, 3.8) is 0 Å². The van der Waals surface area contributed by atoms with Crippen LogP contribution in [0.1, 0.15) is 35.2 Å². The Morgan fingerprint density at radius 1 is 0.952 bits per heavy atom. The predicted octanol–water partition coefficient (Wildman–Crippen LogP) is 5.05. The summed E-state index contributed by atoms with van der Waals surface area (Å²) in [4.78, 5) is 37.0. The summed E-state index contributed by atoms with van der Waals surface area (Å²) < 4.78 is 18.1. The third-order valence-corrected chi connectivity index (χ3v) is 8.99. The van der Waals surface area contributed by atoms with Gasteiger partial charge in [0.2, 0.25) is 5.91 Å². The number of benzene rings is 3. The second-order valence-corrected chi connectivity index (χ2v) is 11.8. The van der Waals surface area contributed by atoms with Crippen LogP contribution in [-0.2, 0) is 20.7 Å². The van der Waals surface area contributed by atoms with Gasteiger partial charge < -0.3 is 24.0 Å². The Morgan fingerprint density at radius 2 is 1.69 bits per heavy atom. The molecule has 3 aromatic carbocycles. The van der Waals surface area contributed by atoms with E-state index in [4.69, 9.17) is 14.2 Å². The SMILES string of the molecule is COc1cc(C=O)ccc1NC(=O)CCc1ccc(-c2ccccc2)c(NC(=O)O[C@@H]2C[C@@H]3[C@H]4O[C@H]4[C@H](C2)[N+]3(C)C)c1. The molecule has 42 heavy (non-hydrogen) atoms. The van der Waals surface area contributed by atoms with Gasteiger partial charge in [0.1, 0.15) is 42.4 Å². The molecule has 2 N–H and O–H groups in total. The van der Waals surface area contributed by atoms with Crippen molar-refractivity contribution in [3.8, 4) is 16.9 Å². The van der Waals surface area contributed by atoms with E-state index >= 15 is 0 Å². The maximum Gasteiger partial charge on any atom is 0.411 e. The summed E-state index contributed by atoms with van der Waals surface area (Å²) in [6, 6.07) is 21.2. The lowest BCUT2D eigenvalue weighted by Gasteiger charge is -2.45. The molecule has 0 unspecified atom stereocenters. The molecule has 0 aliphatic carbocycles. The average Bonchev–Trinajstić information content (AvgIpc) is 3.75. The Hall–Kier alpha value is -4.21. The van der Waals surface area contributed by atoms with Crippen LogP contribution >= 0.6 is 0 Å². The fourth-order valence-electron chi connectivity index (χ4n) is 6.67. The van der Waals surface area contributed by atoms with Crippen LogP contribution in [0.5, 0.6) is 5.75 Å². The first-order valence-corrected chi connectivity index (χ1v) is 14.3. The average molecular weight is 571 g/mol. The molecule has 5 atom stereocenters. The Bertz CT molecular complexity index is 1490. The smallest absolute Gasteiger partial charge is 0.411 e. The van der Waals surface area contributed by atoms with Gasteiger partial charge in [0.15, 0.2) is 0 Å². The molecule has 2 bridgehead atoms. The number of piperidine rings is 1. The highest BCUT2D eigenvalue weighted by Gasteiger charge is 2.70. The molecule has 218 valence electrons. The van der Waals surface area contributed by atoms with Crippen LogP contribution in [0, 0.1) is 0 Å². The number of hydrogen-bond acceptors (Lipinski definition) is 6. The van der Waals surface area contributed by atoms with Gasteiger partial charge in [-0.1, -0.05) is 42.5 Å². The number of epoxide rings is 1. The molecule has 6 rings (SSSR count). The van der Waals surface area contributed by atoms with E-state index in [1.54, 1.807) is 18.2 Å². The quantitative estimate of drug-likeness (QED) is 0.212. The van der Waals surface area contributed by atoms with Crippen LogP contribution in [0.25, 0.3) is 11.1 Å². The van der Waals surface area contributed by atoms with Crippen molar-refractivity contribution in [2.75, 3.05) is 31.8 Å². The normalized spacial score (nSPS) is 24.7. The van der Waals surface area contributed by atoms with Crippen LogP contribution in [0.3, 0.4) is 0 Å². The van der Waals surface area contributed by atoms with Gasteiger partial charge in [-0.05, 0) is 41.8 Å². The third-order valence-electron chi connectivity index (χ3n) is 8.99. The van der Waals surface area contributed by atoms with Crippen molar-refractivity contribution in [1.82, 2.24) is 0 Å². The molecule has 3 aliphatic rings. The van der Waals surface area contributed by atoms with E-state index in [2.05, 4.69) is 24.7 Å². The monoisotopic (exact) mass is 570 g/mol. The molecule has 2 amide bonds. The zero-order chi connectivity index (χ0) is 29.4. The van der Waals surface area contributed by atoms with Gasteiger partial charge in [-0.2, -0.15) is 0 Å². The maximum atomic E-state index is 13.2. The molecule has 0 saturated carbocycles. The van der Waals surface area contributed by atoms with Crippen molar-refractivity contribution in [3.05, 3.63) is 77.9 Å². The van der Waals surface area contributed by atoms with Gasteiger partial charge in [0.25, 0.3) is 0 Å². The zero-order valence-corrected chi connectivity index (χ0v) is 24.0. The lowest BCUT2D eigenvalue weighted by atomic mass is 9.96. The molecular weight excluding hydrogens is 534 g/mol. The Kier molecular flexibility index (Phi) is 7.47. The second kappa shape index (κ2) is 11.2. The number of morpholine rings is 1. The molecule has 3 fully saturated rings. The number of amides is 2. The number of quaternary nitrogens is 1. The highest BCUT2D eigenvalue weighted by atomic mass is 16.6. The molecule has 9 heteroatoms. The number of fused-ring (bicyclic) bond motifs is 5.